The van der Waals surface area contributed by atoms with Gasteiger partial charge in [-0.3, -0.25) is 15.1 Å². The zero-order valence-corrected chi connectivity index (χ0v) is 19.1. The van der Waals surface area contributed by atoms with Crippen LogP contribution in [0.2, 0.25) is 0 Å². The Hall–Kier alpha value is -4.18. The third kappa shape index (κ3) is 3.39. The van der Waals surface area contributed by atoms with Crippen molar-refractivity contribution >= 4 is 39.1 Å². The molecule has 0 saturated heterocycles. The molecule has 6 aromatic rings. The van der Waals surface area contributed by atoms with Crippen molar-refractivity contribution in [3.63, 3.8) is 0 Å². The van der Waals surface area contributed by atoms with E-state index in [4.69, 9.17) is 4.98 Å². The lowest BCUT2D eigenvalue weighted by atomic mass is 10.1. The van der Waals surface area contributed by atoms with Gasteiger partial charge in [-0.1, -0.05) is 6.07 Å². The molecule has 8 nitrogen and oxygen atoms in total. The summed E-state index contributed by atoms with van der Waals surface area (Å²) < 4.78 is 15.9. The van der Waals surface area contributed by atoms with Gasteiger partial charge in [-0.25, -0.2) is 14.4 Å². The number of nitrogens with zero attached hydrogens (tertiary/aromatic N) is 5. The van der Waals surface area contributed by atoms with Crippen molar-refractivity contribution in [2.75, 3.05) is 5.32 Å². The molecule has 0 aliphatic heterocycles. The summed E-state index contributed by atoms with van der Waals surface area (Å²) in [6.07, 6.45) is 6.56. The maximum atomic E-state index is 15.9. The van der Waals surface area contributed by atoms with Crippen LogP contribution in [-0.4, -0.2) is 41.2 Å². The van der Waals surface area contributed by atoms with Crippen LogP contribution < -0.4 is 5.32 Å². The van der Waals surface area contributed by atoms with Crippen LogP contribution >= 0.6 is 11.3 Å². The fourth-order valence-corrected chi connectivity index (χ4v) is 4.69. The van der Waals surface area contributed by atoms with Crippen LogP contribution in [0, 0.1) is 5.82 Å². The maximum Gasteiger partial charge on any atom is 0.159 e. The Morgan fingerprint density at radius 3 is 2.82 bits per heavy atom. The summed E-state index contributed by atoms with van der Waals surface area (Å²) in [5.74, 6) is 0.00700. The number of halogens is 1. The Bertz CT molecular complexity index is 1630. The molecular weight excluding hydrogens is 451 g/mol. The Morgan fingerprint density at radius 1 is 1.09 bits per heavy atom. The Labute approximate surface area is 197 Å². The second-order valence-corrected chi connectivity index (χ2v) is 9.11. The molecule has 34 heavy (non-hydrogen) atoms. The van der Waals surface area contributed by atoms with Crippen molar-refractivity contribution in [1.82, 2.24) is 35.1 Å². The molecule has 6 rings (SSSR count). The Morgan fingerprint density at radius 2 is 2.00 bits per heavy atom. The van der Waals surface area contributed by atoms with Crippen molar-refractivity contribution in [2.45, 2.75) is 19.9 Å². The fraction of sp³-hybridized carbons (Fsp3) is 0.125. The van der Waals surface area contributed by atoms with Crippen LogP contribution in [0.3, 0.4) is 0 Å². The number of nitrogens with one attached hydrogen (secondary N) is 3. The average molecular weight is 471 g/mol. The van der Waals surface area contributed by atoms with Crippen LogP contribution in [0.4, 0.5) is 10.1 Å². The van der Waals surface area contributed by atoms with Crippen LogP contribution in [0.15, 0.2) is 54.4 Å². The van der Waals surface area contributed by atoms with Crippen LogP contribution in [-0.2, 0) is 0 Å². The number of rotatable bonds is 5. The first-order chi connectivity index (χ1) is 16.6. The van der Waals surface area contributed by atoms with Gasteiger partial charge in [0.2, 0.25) is 0 Å². The van der Waals surface area contributed by atoms with Crippen molar-refractivity contribution in [3.05, 3.63) is 60.3 Å². The zero-order valence-electron chi connectivity index (χ0n) is 18.3. The van der Waals surface area contributed by atoms with Gasteiger partial charge in [0, 0.05) is 42.0 Å². The molecule has 0 radical (unpaired) electrons. The van der Waals surface area contributed by atoms with E-state index >= 15 is 4.39 Å². The van der Waals surface area contributed by atoms with Crippen LogP contribution in [0.5, 0.6) is 0 Å². The van der Waals surface area contributed by atoms with E-state index < -0.39 is 5.82 Å². The molecule has 0 fully saturated rings. The quantitative estimate of drug-likeness (QED) is 0.301. The maximum absolute atomic E-state index is 15.9. The molecular formula is C24H19FN8S. The number of pyridine rings is 3. The van der Waals surface area contributed by atoms with Gasteiger partial charge in [-0.15, -0.1) is 11.3 Å². The SMILES string of the molecule is CC(C)Nc1cncc(-c2cnc3[nH]nc(-c4nc5c(-c6cccs6)nccc5[nH]4)c3c2F)c1. The minimum atomic E-state index is -0.436. The first-order valence-corrected chi connectivity index (χ1v) is 11.6. The molecule has 0 spiro atoms. The number of H-pyrrole nitrogens is 2. The molecule has 0 bridgehead atoms. The number of hydrogen-bond acceptors (Lipinski definition) is 7. The third-order valence-electron chi connectivity index (χ3n) is 5.41. The Kier molecular flexibility index (Phi) is 4.80. The smallest absolute Gasteiger partial charge is 0.159 e. The zero-order chi connectivity index (χ0) is 23.2. The van der Waals surface area contributed by atoms with E-state index in [0.29, 0.717) is 33.8 Å². The summed E-state index contributed by atoms with van der Waals surface area (Å²) in [7, 11) is 0. The van der Waals surface area contributed by atoms with E-state index in [1.807, 2.05) is 43.5 Å². The molecule has 6 heterocycles. The Balaban J connectivity index is 1.50. The molecule has 0 amide bonds. The molecule has 0 aliphatic carbocycles. The molecule has 10 heteroatoms. The molecule has 0 saturated carbocycles. The number of thiophene rings is 1. The van der Waals surface area contributed by atoms with E-state index in [2.05, 4.69) is 35.5 Å². The highest BCUT2D eigenvalue weighted by Crippen LogP contribution is 2.35. The van der Waals surface area contributed by atoms with E-state index in [9.17, 15) is 0 Å². The van der Waals surface area contributed by atoms with Gasteiger partial charge in [0.15, 0.2) is 11.5 Å². The van der Waals surface area contributed by atoms with Crippen molar-refractivity contribution < 1.29 is 4.39 Å². The highest BCUT2D eigenvalue weighted by molar-refractivity contribution is 7.13. The lowest BCUT2D eigenvalue weighted by Crippen LogP contribution is -2.09. The number of aromatic amines is 2. The summed E-state index contributed by atoms with van der Waals surface area (Å²) in [5, 5.41) is 12.7. The van der Waals surface area contributed by atoms with Crippen LogP contribution in [0.25, 0.3) is 55.3 Å². The number of hydrogen-bond donors (Lipinski definition) is 3. The van der Waals surface area contributed by atoms with E-state index in [0.717, 1.165) is 21.8 Å². The largest absolute Gasteiger partial charge is 0.382 e. The standard InChI is InChI=1S/C24H19FN8S/c1-12(2)29-14-8-13(9-26-10-14)15-11-28-23-18(19(15)25)22(32-33-23)24-30-16-5-6-27-21(20(16)31-24)17-4-3-7-34-17/h3-12,29H,1-2H3,(H,30,31)(H,28,32,33). The van der Waals surface area contributed by atoms with Gasteiger partial charge in [0.05, 0.1) is 21.5 Å². The first kappa shape index (κ1) is 20.4. The van der Waals surface area contributed by atoms with Gasteiger partial charge in [-0.05, 0) is 37.4 Å². The van der Waals surface area contributed by atoms with Gasteiger partial charge in [-0.2, -0.15) is 5.10 Å². The number of aromatic nitrogens is 7. The van der Waals surface area contributed by atoms with Crippen molar-refractivity contribution in [1.29, 1.82) is 0 Å². The predicted molar refractivity (Wildman–Crippen MR) is 132 cm³/mol. The summed E-state index contributed by atoms with van der Waals surface area (Å²) in [5.41, 5.74) is 4.76. The first-order valence-electron chi connectivity index (χ1n) is 10.7. The van der Waals surface area contributed by atoms with Gasteiger partial charge in [0.25, 0.3) is 0 Å². The minimum absolute atomic E-state index is 0.227. The lowest BCUT2D eigenvalue weighted by Gasteiger charge is -2.11. The molecule has 0 atom stereocenters. The van der Waals surface area contributed by atoms with E-state index in [-0.39, 0.29) is 11.4 Å². The van der Waals surface area contributed by atoms with Gasteiger partial charge < -0.3 is 10.3 Å². The minimum Gasteiger partial charge on any atom is -0.382 e. The normalized spacial score (nSPS) is 11.6. The van der Waals surface area contributed by atoms with E-state index in [1.165, 1.54) is 6.20 Å². The average Bonchev–Trinajstić information content (AvgIpc) is 3.57. The monoisotopic (exact) mass is 470 g/mol. The molecule has 168 valence electrons. The molecule has 0 aromatic carbocycles. The number of anilines is 1. The lowest BCUT2D eigenvalue weighted by molar-refractivity contribution is 0.642. The summed E-state index contributed by atoms with van der Waals surface area (Å²) in [6.45, 7) is 4.07. The van der Waals surface area contributed by atoms with Gasteiger partial charge in [0.1, 0.15) is 22.7 Å². The molecule has 6 aromatic heterocycles. The fourth-order valence-electron chi connectivity index (χ4n) is 3.97. The highest BCUT2D eigenvalue weighted by Gasteiger charge is 2.21. The summed E-state index contributed by atoms with van der Waals surface area (Å²) in [4.78, 5) is 22.2. The third-order valence-corrected chi connectivity index (χ3v) is 6.29. The van der Waals surface area contributed by atoms with Crippen molar-refractivity contribution in [2.24, 2.45) is 0 Å². The van der Waals surface area contributed by atoms with E-state index in [1.54, 1.807) is 29.9 Å². The molecule has 0 unspecified atom stereocenters. The topological polar surface area (TPSA) is 108 Å². The molecule has 0 aliphatic rings. The molecule has 3 N–H and O–H groups in total. The van der Waals surface area contributed by atoms with Gasteiger partial charge >= 0.3 is 0 Å². The number of imidazole rings is 1. The van der Waals surface area contributed by atoms with Crippen molar-refractivity contribution in [3.8, 4) is 33.2 Å². The number of fused-ring (bicyclic) bond motifs is 2. The highest BCUT2D eigenvalue weighted by atomic mass is 32.1. The summed E-state index contributed by atoms with van der Waals surface area (Å²) in [6, 6.07) is 7.90. The second kappa shape index (κ2) is 7.99. The van der Waals surface area contributed by atoms with Crippen LogP contribution in [0.1, 0.15) is 13.8 Å². The summed E-state index contributed by atoms with van der Waals surface area (Å²) >= 11 is 1.59. The second-order valence-electron chi connectivity index (χ2n) is 8.16. The predicted octanol–water partition coefficient (Wildman–Crippen LogP) is 5.65.